The average molecular weight is 298 g/mol. The number of hydrogen-bond donors (Lipinski definition) is 3. The zero-order valence-corrected chi connectivity index (χ0v) is 11.8. The molecule has 0 bridgehead atoms. The highest BCUT2D eigenvalue weighted by molar-refractivity contribution is 7.91. The topological polar surface area (TPSA) is 95.5 Å². The predicted octanol–water partition coefficient (Wildman–Crippen LogP) is -0.950. The van der Waals surface area contributed by atoms with Crippen LogP contribution in [0.1, 0.15) is 5.56 Å². The summed E-state index contributed by atoms with van der Waals surface area (Å²) < 4.78 is 22.6. The van der Waals surface area contributed by atoms with Crippen LogP contribution in [-0.2, 0) is 21.2 Å². The molecule has 0 radical (unpaired) electrons. The molecular formula is C13H18N2O4S. The number of rotatable bonds is 5. The third kappa shape index (κ3) is 4.29. The van der Waals surface area contributed by atoms with E-state index in [0.717, 1.165) is 5.56 Å². The van der Waals surface area contributed by atoms with Gasteiger partial charge in [-0.05, 0) is 5.56 Å². The van der Waals surface area contributed by atoms with Crippen LogP contribution in [-0.4, -0.2) is 49.6 Å². The Morgan fingerprint density at radius 3 is 2.55 bits per heavy atom. The molecule has 3 N–H and O–H groups in total. The van der Waals surface area contributed by atoms with Gasteiger partial charge in [0.05, 0.1) is 24.2 Å². The van der Waals surface area contributed by atoms with Crippen LogP contribution in [0.4, 0.5) is 0 Å². The van der Waals surface area contributed by atoms with E-state index >= 15 is 0 Å². The number of aliphatic hydroxyl groups is 1. The Labute approximate surface area is 118 Å². The summed E-state index contributed by atoms with van der Waals surface area (Å²) in [6.45, 7) is 0.414. The van der Waals surface area contributed by atoms with E-state index in [9.17, 15) is 18.3 Å². The van der Waals surface area contributed by atoms with Crippen molar-refractivity contribution in [2.75, 3.05) is 18.1 Å². The molecule has 0 saturated carbocycles. The third-order valence-electron chi connectivity index (χ3n) is 3.18. The van der Waals surface area contributed by atoms with Crippen LogP contribution in [0.25, 0.3) is 0 Å². The molecule has 0 aliphatic carbocycles. The summed E-state index contributed by atoms with van der Waals surface area (Å²) >= 11 is 0. The summed E-state index contributed by atoms with van der Waals surface area (Å²) in [6, 6.07) is 8.91. The van der Waals surface area contributed by atoms with E-state index < -0.39 is 22.0 Å². The van der Waals surface area contributed by atoms with Crippen molar-refractivity contribution in [2.45, 2.75) is 18.7 Å². The monoisotopic (exact) mass is 298 g/mol. The minimum Gasteiger partial charge on any atom is -0.390 e. The zero-order valence-electron chi connectivity index (χ0n) is 11.0. The molecular weight excluding hydrogens is 280 g/mol. The van der Waals surface area contributed by atoms with Crippen LogP contribution < -0.4 is 10.6 Å². The van der Waals surface area contributed by atoms with Gasteiger partial charge >= 0.3 is 0 Å². The number of aliphatic hydroxyl groups excluding tert-OH is 1. The first-order valence-electron chi connectivity index (χ1n) is 6.39. The quantitative estimate of drug-likeness (QED) is 0.651. The normalized spacial score (nSPS) is 24.4. The van der Waals surface area contributed by atoms with Gasteiger partial charge in [-0.15, -0.1) is 0 Å². The highest BCUT2D eigenvalue weighted by atomic mass is 32.2. The molecule has 20 heavy (non-hydrogen) atoms. The SMILES string of the molecule is O=C(CNC1CS(=O)(=O)CC1O)NCc1ccccc1. The van der Waals surface area contributed by atoms with E-state index in [1.165, 1.54) is 0 Å². The Bertz CT molecular complexity index is 559. The van der Waals surface area contributed by atoms with Gasteiger partial charge in [0.1, 0.15) is 0 Å². The fourth-order valence-corrected chi connectivity index (χ4v) is 3.88. The van der Waals surface area contributed by atoms with Gasteiger partial charge < -0.3 is 15.7 Å². The van der Waals surface area contributed by atoms with Crippen molar-refractivity contribution in [1.82, 2.24) is 10.6 Å². The van der Waals surface area contributed by atoms with Crippen LogP contribution in [0.2, 0.25) is 0 Å². The molecule has 2 rings (SSSR count). The van der Waals surface area contributed by atoms with Crippen molar-refractivity contribution in [3.63, 3.8) is 0 Å². The van der Waals surface area contributed by atoms with Gasteiger partial charge in [-0.2, -0.15) is 0 Å². The minimum atomic E-state index is -3.19. The lowest BCUT2D eigenvalue weighted by Crippen LogP contribution is -2.44. The number of sulfone groups is 1. The molecule has 6 nitrogen and oxygen atoms in total. The summed E-state index contributed by atoms with van der Waals surface area (Å²) in [4.78, 5) is 11.6. The van der Waals surface area contributed by atoms with Crippen molar-refractivity contribution in [3.05, 3.63) is 35.9 Å². The smallest absolute Gasteiger partial charge is 0.234 e. The summed E-state index contributed by atoms with van der Waals surface area (Å²) in [5, 5.41) is 15.1. The molecule has 0 aromatic heterocycles. The van der Waals surface area contributed by atoms with Crippen molar-refractivity contribution in [3.8, 4) is 0 Å². The molecule has 1 aliphatic rings. The van der Waals surface area contributed by atoms with Gasteiger partial charge in [0.25, 0.3) is 0 Å². The Kier molecular flexibility index (Phi) is 4.74. The minimum absolute atomic E-state index is 0.00984. The average Bonchev–Trinajstić information content (AvgIpc) is 2.68. The van der Waals surface area contributed by atoms with Crippen LogP contribution in [0, 0.1) is 0 Å². The van der Waals surface area contributed by atoms with Crippen LogP contribution >= 0.6 is 0 Å². The largest absolute Gasteiger partial charge is 0.390 e. The second-order valence-electron chi connectivity index (χ2n) is 4.89. The second kappa shape index (κ2) is 6.34. The van der Waals surface area contributed by atoms with E-state index in [2.05, 4.69) is 10.6 Å². The lowest BCUT2D eigenvalue weighted by molar-refractivity contribution is -0.120. The Balaban J connectivity index is 1.73. The Morgan fingerprint density at radius 1 is 1.25 bits per heavy atom. The zero-order chi connectivity index (χ0) is 14.6. The van der Waals surface area contributed by atoms with E-state index in [1.807, 2.05) is 30.3 Å². The first-order valence-corrected chi connectivity index (χ1v) is 8.21. The molecule has 2 unspecified atom stereocenters. The molecule has 7 heteroatoms. The molecule has 1 aromatic rings. The van der Waals surface area contributed by atoms with Crippen molar-refractivity contribution < 1.29 is 18.3 Å². The van der Waals surface area contributed by atoms with Crippen LogP contribution in [0.5, 0.6) is 0 Å². The fraction of sp³-hybridized carbons (Fsp3) is 0.462. The standard InChI is InChI=1S/C13H18N2O4S/c16-12-9-20(18,19)8-11(12)14-7-13(17)15-6-10-4-2-1-3-5-10/h1-5,11-12,14,16H,6-9H2,(H,15,17). The van der Waals surface area contributed by atoms with Gasteiger partial charge in [0, 0.05) is 12.6 Å². The molecule has 1 aliphatic heterocycles. The van der Waals surface area contributed by atoms with Gasteiger partial charge in [0.15, 0.2) is 9.84 Å². The van der Waals surface area contributed by atoms with Gasteiger partial charge in [-0.1, -0.05) is 30.3 Å². The molecule has 1 heterocycles. The van der Waals surface area contributed by atoms with Crippen LogP contribution in [0.3, 0.4) is 0 Å². The van der Waals surface area contributed by atoms with E-state index in [1.54, 1.807) is 0 Å². The molecule has 1 saturated heterocycles. The van der Waals surface area contributed by atoms with E-state index in [4.69, 9.17) is 0 Å². The van der Waals surface area contributed by atoms with Crippen molar-refractivity contribution in [2.24, 2.45) is 0 Å². The molecule has 1 amide bonds. The second-order valence-corrected chi connectivity index (χ2v) is 7.05. The fourth-order valence-electron chi connectivity index (χ4n) is 2.11. The highest BCUT2D eigenvalue weighted by Gasteiger charge is 2.36. The molecule has 2 atom stereocenters. The van der Waals surface area contributed by atoms with E-state index in [-0.39, 0.29) is 24.0 Å². The van der Waals surface area contributed by atoms with Crippen molar-refractivity contribution in [1.29, 1.82) is 0 Å². The number of carbonyl (C=O) groups excluding carboxylic acids is 1. The summed E-state index contributed by atoms with van der Waals surface area (Å²) in [5.41, 5.74) is 0.990. The number of hydrogen-bond acceptors (Lipinski definition) is 5. The number of benzene rings is 1. The Hall–Kier alpha value is -1.44. The van der Waals surface area contributed by atoms with Crippen LogP contribution in [0.15, 0.2) is 30.3 Å². The molecule has 110 valence electrons. The van der Waals surface area contributed by atoms with E-state index in [0.29, 0.717) is 6.54 Å². The highest BCUT2D eigenvalue weighted by Crippen LogP contribution is 2.11. The maximum absolute atomic E-state index is 11.6. The first kappa shape index (κ1) is 15.0. The van der Waals surface area contributed by atoms with Gasteiger partial charge in [-0.25, -0.2) is 8.42 Å². The van der Waals surface area contributed by atoms with Gasteiger partial charge in [0.2, 0.25) is 5.91 Å². The first-order chi connectivity index (χ1) is 9.46. The number of nitrogens with one attached hydrogen (secondary N) is 2. The van der Waals surface area contributed by atoms with Gasteiger partial charge in [-0.3, -0.25) is 4.79 Å². The lowest BCUT2D eigenvalue weighted by atomic mass is 10.2. The number of carbonyl (C=O) groups is 1. The summed E-state index contributed by atoms with van der Waals surface area (Å²) in [5.74, 6) is -0.596. The summed E-state index contributed by atoms with van der Waals surface area (Å²) in [6.07, 6.45) is -0.943. The maximum atomic E-state index is 11.6. The summed E-state index contributed by atoms with van der Waals surface area (Å²) in [7, 11) is -3.19. The molecule has 1 fully saturated rings. The maximum Gasteiger partial charge on any atom is 0.234 e. The third-order valence-corrected chi connectivity index (χ3v) is 4.90. The predicted molar refractivity (Wildman–Crippen MR) is 74.7 cm³/mol. The molecule has 1 aromatic carbocycles. The van der Waals surface area contributed by atoms with Crippen molar-refractivity contribution >= 4 is 15.7 Å². The Morgan fingerprint density at radius 2 is 1.95 bits per heavy atom. The number of amides is 1. The molecule has 0 spiro atoms. The lowest BCUT2D eigenvalue weighted by Gasteiger charge is -2.14.